The Balaban J connectivity index is 1.27. The number of fused-ring (bicyclic) bond motifs is 2. The van der Waals surface area contributed by atoms with Crippen molar-refractivity contribution in [2.24, 2.45) is 5.92 Å². The molecule has 0 aliphatic carbocycles. The summed E-state index contributed by atoms with van der Waals surface area (Å²) in [7, 11) is 0. The summed E-state index contributed by atoms with van der Waals surface area (Å²) in [5, 5.41) is 0.789. The molecule has 0 saturated carbocycles. The molecule has 1 fully saturated rings. The Kier molecular flexibility index (Phi) is 5.14. The zero-order valence-corrected chi connectivity index (χ0v) is 18.0. The molecule has 0 bridgehead atoms. The van der Waals surface area contributed by atoms with Gasteiger partial charge in [0, 0.05) is 29.3 Å². The molecule has 0 unspecified atom stereocenters. The van der Waals surface area contributed by atoms with Gasteiger partial charge in [-0.3, -0.25) is 9.59 Å². The molecule has 160 valence electrons. The average Bonchev–Trinajstić information content (AvgIpc) is 3.13. The van der Waals surface area contributed by atoms with Crippen molar-refractivity contribution in [2.45, 2.75) is 19.8 Å². The molecule has 1 saturated heterocycles. The summed E-state index contributed by atoms with van der Waals surface area (Å²) in [6.07, 6.45) is 1.25. The average molecular weight is 440 g/mol. The SMILES string of the molecule is Cc1c(C(=O)N2CCC(C(=O)c3ccc4c(c3)OCCO4)CC2)sc2ccc(F)cc12. The first kappa shape index (κ1) is 20.0. The van der Waals surface area contributed by atoms with E-state index in [0.717, 1.165) is 15.6 Å². The number of nitrogens with zero attached hydrogens (tertiary/aromatic N) is 1. The Morgan fingerprint density at radius 3 is 2.55 bits per heavy atom. The third-order valence-corrected chi connectivity index (χ3v) is 7.33. The first-order chi connectivity index (χ1) is 15.0. The van der Waals surface area contributed by atoms with Gasteiger partial charge >= 0.3 is 0 Å². The fourth-order valence-electron chi connectivity index (χ4n) is 4.32. The van der Waals surface area contributed by atoms with Gasteiger partial charge < -0.3 is 14.4 Å². The topological polar surface area (TPSA) is 55.8 Å². The van der Waals surface area contributed by atoms with Crippen LogP contribution in [-0.2, 0) is 0 Å². The highest BCUT2D eigenvalue weighted by Crippen LogP contribution is 2.35. The number of Topliss-reactive ketones (excluding diaryl/α,β-unsaturated/α-hetero) is 1. The van der Waals surface area contributed by atoms with Gasteiger partial charge in [-0.15, -0.1) is 11.3 Å². The lowest BCUT2D eigenvalue weighted by molar-refractivity contribution is 0.0653. The van der Waals surface area contributed by atoms with Crippen molar-refractivity contribution in [1.82, 2.24) is 4.90 Å². The molecule has 2 aliphatic heterocycles. The molecule has 0 spiro atoms. The number of piperidine rings is 1. The van der Waals surface area contributed by atoms with Crippen molar-refractivity contribution in [2.75, 3.05) is 26.3 Å². The lowest BCUT2D eigenvalue weighted by atomic mass is 9.88. The molecular formula is C24H22FNO4S. The van der Waals surface area contributed by atoms with Gasteiger partial charge in [-0.25, -0.2) is 4.39 Å². The largest absolute Gasteiger partial charge is 0.486 e. The summed E-state index contributed by atoms with van der Waals surface area (Å²) >= 11 is 1.40. The van der Waals surface area contributed by atoms with Crippen LogP contribution in [0.15, 0.2) is 36.4 Å². The summed E-state index contributed by atoms with van der Waals surface area (Å²) in [6, 6.07) is 9.95. The van der Waals surface area contributed by atoms with Crippen LogP contribution in [0.1, 0.15) is 38.4 Å². The van der Waals surface area contributed by atoms with Gasteiger partial charge in [0.2, 0.25) is 0 Å². The maximum atomic E-state index is 13.6. The fourth-order valence-corrected chi connectivity index (χ4v) is 5.48. The minimum absolute atomic E-state index is 0.0377. The first-order valence-electron chi connectivity index (χ1n) is 10.4. The van der Waals surface area contributed by atoms with Gasteiger partial charge in [0.15, 0.2) is 17.3 Å². The second kappa shape index (κ2) is 7.96. The monoisotopic (exact) mass is 439 g/mol. The van der Waals surface area contributed by atoms with E-state index in [1.807, 2.05) is 11.8 Å². The molecule has 5 nitrogen and oxygen atoms in total. The van der Waals surface area contributed by atoms with Crippen LogP contribution in [0.25, 0.3) is 10.1 Å². The Hall–Kier alpha value is -2.93. The van der Waals surface area contributed by atoms with Crippen LogP contribution in [0, 0.1) is 18.7 Å². The molecule has 5 rings (SSSR count). The number of halogens is 1. The third kappa shape index (κ3) is 3.67. The number of likely N-dealkylation sites (tertiary alicyclic amines) is 1. The van der Waals surface area contributed by atoms with Crippen molar-refractivity contribution in [1.29, 1.82) is 0 Å². The van der Waals surface area contributed by atoms with Crippen LogP contribution in [0.2, 0.25) is 0 Å². The van der Waals surface area contributed by atoms with E-state index in [4.69, 9.17) is 9.47 Å². The van der Waals surface area contributed by atoms with E-state index in [1.54, 1.807) is 24.3 Å². The number of hydrogen-bond acceptors (Lipinski definition) is 5. The van der Waals surface area contributed by atoms with Crippen LogP contribution in [0.5, 0.6) is 11.5 Å². The number of rotatable bonds is 3. The second-order valence-electron chi connectivity index (χ2n) is 7.99. The Morgan fingerprint density at radius 1 is 1.03 bits per heavy atom. The predicted molar refractivity (Wildman–Crippen MR) is 117 cm³/mol. The number of carbonyl (C=O) groups excluding carboxylic acids is 2. The summed E-state index contributed by atoms with van der Waals surface area (Å²) < 4.78 is 25.6. The number of amides is 1. The molecule has 1 amide bonds. The summed E-state index contributed by atoms with van der Waals surface area (Å²) in [5.74, 6) is 0.903. The van der Waals surface area contributed by atoms with Crippen molar-refractivity contribution in [3.63, 3.8) is 0 Å². The van der Waals surface area contributed by atoms with Crippen LogP contribution < -0.4 is 9.47 Å². The summed E-state index contributed by atoms with van der Waals surface area (Å²) in [4.78, 5) is 28.6. The number of hydrogen-bond donors (Lipinski definition) is 0. The molecule has 0 radical (unpaired) electrons. The van der Waals surface area contributed by atoms with Crippen LogP contribution in [0.3, 0.4) is 0 Å². The highest BCUT2D eigenvalue weighted by Gasteiger charge is 2.30. The van der Waals surface area contributed by atoms with Gasteiger partial charge in [-0.1, -0.05) is 0 Å². The van der Waals surface area contributed by atoms with Crippen LogP contribution >= 0.6 is 11.3 Å². The Morgan fingerprint density at radius 2 is 1.77 bits per heavy atom. The Bertz CT molecular complexity index is 1180. The van der Waals surface area contributed by atoms with E-state index in [2.05, 4.69) is 0 Å². The van der Waals surface area contributed by atoms with Crippen molar-refractivity contribution >= 4 is 33.1 Å². The van der Waals surface area contributed by atoms with E-state index in [1.165, 1.54) is 23.5 Å². The molecule has 2 aliphatic rings. The zero-order valence-electron chi connectivity index (χ0n) is 17.2. The van der Waals surface area contributed by atoms with Gasteiger partial charge in [0.05, 0.1) is 4.88 Å². The molecule has 31 heavy (non-hydrogen) atoms. The number of ether oxygens (including phenoxy) is 2. The minimum Gasteiger partial charge on any atom is -0.486 e. The normalized spacial score (nSPS) is 16.5. The molecule has 0 atom stereocenters. The predicted octanol–water partition coefficient (Wildman–Crippen LogP) is 4.86. The van der Waals surface area contributed by atoms with Crippen molar-refractivity contribution < 1.29 is 23.5 Å². The number of ketones is 1. The van der Waals surface area contributed by atoms with Gasteiger partial charge in [0.25, 0.3) is 5.91 Å². The van der Waals surface area contributed by atoms with Gasteiger partial charge in [-0.05, 0) is 67.1 Å². The first-order valence-corrected chi connectivity index (χ1v) is 11.2. The molecule has 0 N–H and O–H groups in total. The molecule has 3 aromatic rings. The number of carbonyl (C=O) groups is 2. The molecule has 1 aromatic heterocycles. The van der Waals surface area contributed by atoms with Crippen LogP contribution in [-0.4, -0.2) is 42.9 Å². The third-order valence-electron chi connectivity index (χ3n) is 6.07. The number of benzene rings is 2. The molecular weight excluding hydrogens is 417 g/mol. The lowest BCUT2D eigenvalue weighted by Crippen LogP contribution is -2.40. The van der Waals surface area contributed by atoms with Gasteiger partial charge in [-0.2, -0.15) is 0 Å². The Labute approximate surface area is 183 Å². The summed E-state index contributed by atoms with van der Waals surface area (Å²) in [6.45, 7) is 3.92. The highest BCUT2D eigenvalue weighted by atomic mass is 32.1. The lowest BCUT2D eigenvalue weighted by Gasteiger charge is -2.31. The van der Waals surface area contributed by atoms with E-state index in [-0.39, 0.29) is 23.4 Å². The molecule has 3 heterocycles. The van der Waals surface area contributed by atoms with Gasteiger partial charge in [0.1, 0.15) is 19.0 Å². The van der Waals surface area contributed by atoms with E-state index >= 15 is 0 Å². The standard InChI is InChI=1S/C24H22FNO4S/c1-14-18-13-17(25)3-5-21(18)31-23(14)24(28)26-8-6-15(7-9-26)22(27)16-2-4-19-20(12-16)30-11-10-29-19/h2-5,12-13,15H,6-11H2,1H3. The zero-order chi connectivity index (χ0) is 21.5. The molecule has 7 heteroatoms. The van der Waals surface area contributed by atoms with Crippen molar-refractivity contribution in [3.05, 3.63) is 58.2 Å². The summed E-state index contributed by atoms with van der Waals surface area (Å²) in [5.41, 5.74) is 1.44. The number of thiophene rings is 1. The van der Waals surface area contributed by atoms with Crippen molar-refractivity contribution in [3.8, 4) is 11.5 Å². The maximum Gasteiger partial charge on any atom is 0.264 e. The van der Waals surface area contributed by atoms with E-state index in [0.29, 0.717) is 61.1 Å². The molecule has 2 aromatic carbocycles. The maximum absolute atomic E-state index is 13.6. The van der Waals surface area contributed by atoms with Crippen LogP contribution in [0.4, 0.5) is 4.39 Å². The second-order valence-corrected chi connectivity index (χ2v) is 9.04. The smallest absolute Gasteiger partial charge is 0.264 e. The minimum atomic E-state index is -0.300. The number of aryl methyl sites for hydroxylation is 1. The van der Waals surface area contributed by atoms with E-state index in [9.17, 15) is 14.0 Å². The van der Waals surface area contributed by atoms with E-state index < -0.39 is 0 Å². The quantitative estimate of drug-likeness (QED) is 0.547. The highest BCUT2D eigenvalue weighted by molar-refractivity contribution is 7.21. The fraction of sp³-hybridized carbons (Fsp3) is 0.333.